The van der Waals surface area contributed by atoms with Crippen molar-refractivity contribution in [2.45, 2.75) is 84.3 Å². The summed E-state index contributed by atoms with van der Waals surface area (Å²) in [5.41, 5.74) is -0.0249. The van der Waals surface area contributed by atoms with E-state index in [-0.39, 0.29) is 0 Å². The first kappa shape index (κ1) is 17.7. The van der Waals surface area contributed by atoms with Crippen LogP contribution >= 0.6 is 0 Å². The van der Waals surface area contributed by atoms with Crippen LogP contribution < -0.4 is 0 Å². The molecule has 1 saturated heterocycles. The Morgan fingerprint density at radius 1 is 0.923 bits per heavy atom. The smallest absolute Gasteiger partial charge is 0.180 e. The van der Waals surface area contributed by atoms with Gasteiger partial charge in [-0.05, 0) is 68.1 Å². The molecule has 0 bridgehead atoms. The molecule has 6 atom stereocenters. The van der Waals surface area contributed by atoms with Crippen molar-refractivity contribution in [3.05, 3.63) is 0 Å². The average Bonchev–Trinajstić information content (AvgIpc) is 2.92. The summed E-state index contributed by atoms with van der Waals surface area (Å²) in [5.74, 6) is 2.87. The highest BCUT2D eigenvalue weighted by molar-refractivity contribution is 5.87. The van der Waals surface area contributed by atoms with Gasteiger partial charge < -0.3 is 9.47 Å². The van der Waals surface area contributed by atoms with E-state index in [1.807, 2.05) is 0 Å². The van der Waals surface area contributed by atoms with Crippen LogP contribution in [0.3, 0.4) is 0 Å². The van der Waals surface area contributed by atoms with Gasteiger partial charge >= 0.3 is 0 Å². The van der Waals surface area contributed by atoms with Crippen molar-refractivity contribution in [2.24, 2.45) is 40.4 Å². The largest absolute Gasteiger partial charge is 0.349 e. The maximum atomic E-state index is 13.7. The molecule has 4 aliphatic carbocycles. The standard InChI is InChI=1S/C23H36O3/c1-15-13-25-23(26-14-15)11-9-18-17-8-7-16-6-4-5-10-21(16,2)19(17)12-20(24)22(18,23)3/h15-19H,4-14H2,1-3H3. The van der Waals surface area contributed by atoms with Crippen LogP contribution in [-0.2, 0) is 14.3 Å². The highest BCUT2D eigenvalue weighted by Crippen LogP contribution is 2.68. The SMILES string of the molecule is CC1COC2(CCC3C4CCC5CCCCC5(C)C4CC(=O)C32C)OC1. The van der Waals surface area contributed by atoms with E-state index in [4.69, 9.17) is 9.47 Å². The van der Waals surface area contributed by atoms with E-state index in [0.29, 0.717) is 34.9 Å². The summed E-state index contributed by atoms with van der Waals surface area (Å²) in [4.78, 5) is 13.7. The van der Waals surface area contributed by atoms with E-state index in [0.717, 1.165) is 38.4 Å². The number of carbonyl (C=O) groups is 1. The number of fused-ring (bicyclic) bond motifs is 6. The highest BCUT2D eigenvalue weighted by atomic mass is 16.7. The third kappa shape index (κ3) is 2.11. The van der Waals surface area contributed by atoms with Gasteiger partial charge in [0.05, 0.1) is 18.6 Å². The van der Waals surface area contributed by atoms with Crippen molar-refractivity contribution >= 4 is 5.78 Å². The number of carbonyl (C=O) groups excluding carboxylic acids is 1. The van der Waals surface area contributed by atoms with Crippen molar-refractivity contribution < 1.29 is 14.3 Å². The number of hydrogen-bond acceptors (Lipinski definition) is 3. The van der Waals surface area contributed by atoms with Gasteiger partial charge in [0.2, 0.25) is 0 Å². The maximum Gasteiger partial charge on any atom is 0.180 e. The van der Waals surface area contributed by atoms with Crippen LogP contribution in [0.4, 0.5) is 0 Å². The van der Waals surface area contributed by atoms with Crippen LogP contribution in [0.15, 0.2) is 0 Å². The third-order valence-electron chi connectivity index (χ3n) is 9.68. The molecule has 3 nitrogen and oxygen atoms in total. The second-order valence-electron chi connectivity index (χ2n) is 10.8. The van der Waals surface area contributed by atoms with Gasteiger partial charge in [0.15, 0.2) is 5.79 Å². The van der Waals surface area contributed by atoms with Crippen molar-refractivity contribution in [3.8, 4) is 0 Å². The number of ether oxygens (including phenoxy) is 2. The summed E-state index contributed by atoms with van der Waals surface area (Å²) in [6, 6.07) is 0. The fourth-order valence-corrected chi connectivity index (χ4v) is 8.08. The molecule has 3 heteroatoms. The van der Waals surface area contributed by atoms with E-state index >= 15 is 0 Å². The lowest BCUT2D eigenvalue weighted by Gasteiger charge is -2.60. The molecule has 4 saturated carbocycles. The Hall–Kier alpha value is -0.410. The predicted octanol–water partition coefficient (Wildman–Crippen LogP) is 4.98. The van der Waals surface area contributed by atoms with Gasteiger partial charge in [0.25, 0.3) is 0 Å². The van der Waals surface area contributed by atoms with Gasteiger partial charge in [0, 0.05) is 18.8 Å². The van der Waals surface area contributed by atoms with Gasteiger partial charge in [0.1, 0.15) is 5.78 Å². The lowest BCUT2D eigenvalue weighted by Crippen LogP contribution is -2.63. The second kappa shape index (κ2) is 5.80. The van der Waals surface area contributed by atoms with Crippen LogP contribution in [0, 0.1) is 40.4 Å². The molecule has 0 N–H and O–H groups in total. The summed E-state index contributed by atoms with van der Waals surface area (Å²) in [7, 11) is 0. The summed E-state index contributed by atoms with van der Waals surface area (Å²) in [6.45, 7) is 8.39. The fraction of sp³-hybridized carbons (Fsp3) is 0.957. The Bertz CT molecular complexity index is 592. The van der Waals surface area contributed by atoms with Crippen molar-refractivity contribution in [2.75, 3.05) is 13.2 Å². The van der Waals surface area contributed by atoms with Crippen LogP contribution in [0.2, 0.25) is 0 Å². The molecule has 0 aromatic carbocycles. The molecule has 26 heavy (non-hydrogen) atoms. The Kier molecular flexibility index (Phi) is 3.94. The molecule has 6 unspecified atom stereocenters. The van der Waals surface area contributed by atoms with Gasteiger partial charge in [-0.2, -0.15) is 0 Å². The van der Waals surface area contributed by atoms with Gasteiger partial charge in [-0.25, -0.2) is 0 Å². The molecule has 5 rings (SSSR count). The zero-order valence-electron chi connectivity index (χ0n) is 16.9. The van der Waals surface area contributed by atoms with Gasteiger partial charge in [-0.15, -0.1) is 0 Å². The summed E-state index contributed by atoms with van der Waals surface area (Å²) in [5, 5.41) is 0. The summed E-state index contributed by atoms with van der Waals surface area (Å²) < 4.78 is 12.7. The zero-order valence-corrected chi connectivity index (χ0v) is 16.9. The first-order chi connectivity index (χ1) is 12.4. The monoisotopic (exact) mass is 360 g/mol. The molecule has 5 aliphatic rings. The first-order valence-corrected chi connectivity index (χ1v) is 11.2. The fourth-order valence-electron chi connectivity index (χ4n) is 8.08. The molecule has 5 fully saturated rings. The van der Waals surface area contributed by atoms with Crippen LogP contribution in [0.5, 0.6) is 0 Å². The molecule has 146 valence electrons. The van der Waals surface area contributed by atoms with Crippen LogP contribution in [0.1, 0.15) is 78.6 Å². The lowest BCUT2D eigenvalue weighted by atomic mass is 9.45. The van der Waals surface area contributed by atoms with Crippen molar-refractivity contribution in [3.63, 3.8) is 0 Å². The summed E-state index contributed by atoms with van der Waals surface area (Å²) >= 11 is 0. The Labute approximate surface area is 158 Å². The molecule has 0 aromatic heterocycles. The van der Waals surface area contributed by atoms with Crippen LogP contribution in [0.25, 0.3) is 0 Å². The zero-order chi connectivity index (χ0) is 18.2. The molecular weight excluding hydrogens is 324 g/mol. The summed E-state index contributed by atoms with van der Waals surface area (Å²) in [6.07, 6.45) is 11.0. The molecule has 0 radical (unpaired) electrons. The first-order valence-electron chi connectivity index (χ1n) is 11.2. The minimum absolute atomic E-state index is 0.400. The number of ketones is 1. The van der Waals surface area contributed by atoms with Gasteiger partial charge in [-0.3, -0.25) is 4.79 Å². The second-order valence-corrected chi connectivity index (χ2v) is 10.8. The minimum atomic E-state index is -0.628. The van der Waals surface area contributed by atoms with Crippen molar-refractivity contribution in [1.82, 2.24) is 0 Å². The van der Waals surface area contributed by atoms with E-state index in [2.05, 4.69) is 20.8 Å². The predicted molar refractivity (Wildman–Crippen MR) is 101 cm³/mol. The molecule has 0 amide bonds. The quantitative estimate of drug-likeness (QED) is 0.611. The number of hydrogen-bond donors (Lipinski definition) is 0. The lowest BCUT2D eigenvalue weighted by molar-refractivity contribution is -0.322. The minimum Gasteiger partial charge on any atom is -0.349 e. The number of rotatable bonds is 0. The molecule has 0 aromatic rings. The molecule has 1 spiro atoms. The third-order valence-corrected chi connectivity index (χ3v) is 9.68. The average molecular weight is 361 g/mol. The van der Waals surface area contributed by atoms with Crippen molar-refractivity contribution in [1.29, 1.82) is 0 Å². The normalized spacial score (nSPS) is 56.7. The maximum absolute atomic E-state index is 13.7. The number of Topliss-reactive ketones (excluding diaryl/α,β-unsaturated/α-hetero) is 1. The highest BCUT2D eigenvalue weighted by Gasteiger charge is 2.70. The Morgan fingerprint density at radius 2 is 1.69 bits per heavy atom. The van der Waals surface area contributed by atoms with Gasteiger partial charge in [-0.1, -0.05) is 26.7 Å². The van der Waals surface area contributed by atoms with Crippen LogP contribution in [-0.4, -0.2) is 24.8 Å². The molecule has 1 heterocycles. The van der Waals surface area contributed by atoms with E-state index < -0.39 is 11.2 Å². The van der Waals surface area contributed by atoms with E-state index in [1.54, 1.807) is 0 Å². The Morgan fingerprint density at radius 3 is 2.46 bits per heavy atom. The molecular formula is C23H36O3. The topological polar surface area (TPSA) is 35.5 Å². The molecule has 1 aliphatic heterocycles. The Balaban J connectivity index is 1.49. The van der Waals surface area contributed by atoms with E-state index in [9.17, 15) is 4.79 Å². The van der Waals surface area contributed by atoms with E-state index in [1.165, 1.54) is 38.5 Å².